The van der Waals surface area contributed by atoms with Crippen molar-refractivity contribution in [3.63, 3.8) is 0 Å². The molecule has 0 fully saturated rings. The molecule has 164 valence electrons. The summed E-state index contributed by atoms with van der Waals surface area (Å²) < 4.78 is 114. The van der Waals surface area contributed by atoms with Crippen LogP contribution in [0.25, 0.3) is 0 Å². The van der Waals surface area contributed by atoms with Crippen molar-refractivity contribution in [1.29, 1.82) is 0 Å². The highest BCUT2D eigenvalue weighted by Gasteiger charge is 2.80. The first-order valence-corrected chi connectivity index (χ1v) is 9.51. The smallest absolute Gasteiger partial charge is 0.227 e. The average Bonchev–Trinajstić information content (AvgIpc) is 2.53. The van der Waals surface area contributed by atoms with Crippen molar-refractivity contribution in [3.05, 3.63) is 0 Å². The van der Waals surface area contributed by atoms with E-state index >= 15 is 0 Å². The van der Waals surface area contributed by atoms with Gasteiger partial charge in [-0.25, -0.2) is 4.39 Å². The summed E-state index contributed by atoms with van der Waals surface area (Å²) in [6, 6.07) is 0. The van der Waals surface area contributed by atoms with Crippen molar-refractivity contribution in [2.75, 3.05) is 0 Å². The van der Waals surface area contributed by atoms with Gasteiger partial charge in [-0.1, -0.05) is 77.6 Å². The first kappa shape index (κ1) is 26.4. The van der Waals surface area contributed by atoms with Gasteiger partial charge in [0.05, 0.1) is 0 Å². The summed E-state index contributed by atoms with van der Waals surface area (Å²) in [7, 11) is 0. The van der Waals surface area contributed by atoms with Crippen molar-refractivity contribution in [3.8, 4) is 0 Å². The Balaban J connectivity index is 4.18. The van der Waals surface area contributed by atoms with E-state index in [9.17, 15) is 39.5 Å². The lowest BCUT2D eigenvalue weighted by molar-refractivity contribution is -0.384. The standard InChI is InChI=1S/C18H29F9/c1-2-3-4-5-6-7-8-9-10-11-12-13-14-15(19,17(22,23)24)16(20,21)18(25,26)27/h2-14H2,1H3. The zero-order valence-corrected chi connectivity index (χ0v) is 15.6. The summed E-state index contributed by atoms with van der Waals surface area (Å²) in [6.07, 6.45) is -5.93. The van der Waals surface area contributed by atoms with Crippen molar-refractivity contribution < 1.29 is 39.5 Å². The molecule has 0 nitrogen and oxygen atoms in total. The quantitative estimate of drug-likeness (QED) is 0.197. The van der Waals surface area contributed by atoms with Crippen LogP contribution in [0, 0.1) is 0 Å². The Morgan fingerprint density at radius 2 is 0.778 bits per heavy atom. The van der Waals surface area contributed by atoms with Crippen LogP contribution in [0.3, 0.4) is 0 Å². The van der Waals surface area contributed by atoms with Crippen LogP contribution in [0.15, 0.2) is 0 Å². The fourth-order valence-electron chi connectivity index (χ4n) is 2.91. The average molecular weight is 416 g/mol. The molecule has 1 unspecified atom stereocenters. The van der Waals surface area contributed by atoms with Crippen LogP contribution in [0.4, 0.5) is 39.5 Å². The van der Waals surface area contributed by atoms with Crippen molar-refractivity contribution >= 4 is 0 Å². The van der Waals surface area contributed by atoms with Crippen molar-refractivity contribution in [1.82, 2.24) is 0 Å². The van der Waals surface area contributed by atoms with Gasteiger partial charge in [-0.2, -0.15) is 35.1 Å². The first-order valence-electron chi connectivity index (χ1n) is 9.51. The maximum atomic E-state index is 13.8. The summed E-state index contributed by atoms with van der Waals surface area (Å²) >= 11 is 0. The molecule has 1 atom stereocenters. The van der Waals surface area contributed by atoms with Gasteiger partial charge in [0, 0.05) is 0 Å². The number of unbranched alkanes of at least 4 members (excludes halogenated alkanes) is 11. The maximum Gasteiger partial charge on any atom is 0.457 e. The Hall–Kier alpha value is -0.630. The second kappa shape index (κ2) is 11.4. The second-order valence-corrected chi connectivity index (χ2v) is 7.01. The minimum absolute atomic E-state index is 0.0216. The van der Waals surface area contributed by atoms with Crippen LogP contribution in [-0.2, 0) is 0 Å². The summed E-state index contributed by atoms with van der Waals surface area (Å²) in [5.41, 5.74) is -5.60. The van der Waals surface area contributed by atoms with Crippen molar-refractivity contribution in [2.45, 2.75) is 114 Å². The van der Waals surface area contributed by atoms with Crippen LogP contribution in [0.5, 0.6) is 0 Å². The molecule has 0 heterocycles. The summed E-state index contributed by atoms with van der Waals surface area (Å²) in [6.45, 7) is 2.12. The van der Waals surface area contributed by atoms with E-state index in [-0.39, 0.29) is 6.42 Å². The van der Waals surface area contributed by atoms with E-state index in [0.29, 0.717) is 12.8 Å². The van der Waals surface area contributed by atoms with Crippen LogP contribution in [-0.4, -0.2) is 23.9 Å². The third-order valence-corrected chi connectivity index (χ3v) is 4.68. The van der Waals surface area contributed by atoms with E-state index in [1.54, 1.807) is 0 Å². The fraction of sp³-hybridized carbons (Fsp3) is 1.00. The Labute approximate surface area is 154 Å². The Morgan fingerprint density at radius 1 is 0.444 bits per heavy atom. The molecule has 0 bridgehead atoms. The lowest BCUT2D eigenvalue weighted by atomic mass is 9.89. The zero-order valence-electron chi connectivity index (χ0n) is 15.6. The van der Waals surface area contributed by atoms with E-state index in [1.807, 2.05) is 0 Å². The molecule has 0 aliphatic rings. The van der Waals surface area contributed by atoms with E-state index < -0.39 is 36.8 Å². The van der Waals surface area contributed by atoms with Crippen LogP contribution >= 0.6 is 0 Å². The lowest BCUT2D eigenvalue weighted by Gasteiger charge is -2.35. The molecule has 0 saturated carbocycles. The summed E-state index contributed by atoms with van der Waals surface area (Å²) in [5, 5.41) is 0. The van der Waals surface area contributed by atoms with Gasteiger partial charge in [0.2, 0.25) is 0 Å². The summed E-state index contributed by atoms with van der Waals surface area (Å²) in [4.78, 5) is 0. The van der Waals surface area contributed by atoms with Gasteiger partial charge in [-0.15, -0.1) is 0 Å². The maximum absolute atomic E-state index is 13.8. The Morgan fingerprint density at radius 3 is 1.07 bits per heavy atom. The number of halogens is 9. The largest absolute Gasteiger partial charge is 0.457 e. The van der Waals surface area contributed by atoms with Crippen LogP contribution in [0.2, 0.25) is 0 Å². The predicted octanol–water partition coefficient (Wildman–Crippen LogP) is 8.55. The molecule has 0 radical (unpaired) electrons. The molecule has 9 heteroatoms. The van der Waals surface area contributed by atoms with Gasteiger partial charge in [0.25, 0.3) is 5.67 Å². The molecule has 27 heavy (non-hydrogen) atoms. The predicted molar refractivity (Wildman–Crippen MR) is 86.6 cm³/mol. The molecule has 0 aromatic rings. The molecule has 0 rings (SSSR count). The van der Waals surface area contributed by atoms with Gasteiger partial charge in [0.15, 0.2) is 0 Å². The van der Waals surface area contributed by atoms with Crippen LogP contribution in [0.1, 0.15) is 90.4 Å². The molecular formula is C18H29F9. The van der Waals surface area contributed by atoms with Gasteiger partial charge < -0.3 is 0 Å². The summed E-state index contributed by atoms with van der Waals surface area (Å²) in [5.74, 6) is -6.48. The molecule has 0 spiro atoms. The molecule has 0 aromatic heterocycles. The highest BCUT2D eigenvalue weighted by molar-refractivity contribution is 5.03. The molecule has 0 aliphatic heterocycles. The number of rotatable bonds is 14. The molecule has 0 aliphatic carbocycles. The first-order chi connectivity index (χ1) is 12.3. The number of hydrogen-bond donors (Lipinski definition) is 0. The van der Waals surface area contributed by atoms with Crippen LogP contribution < -0.4 is 0 Å². The monoisotopic (exact) mass is 416 g/mol. The lowest BCUT2D eigenvalue weighted by Crippen LogP contribution is -2.62. The third kappa shape index (κ3) is 8.10. The van der Waals surface area contributed by atoms with E-state index in [1.165, 1.54) is 12.8 Å². The van der Waals surface area contributed by atoms with E-state index in [0.717, 1.165) is 38.5 Å². The highest BCUT2D eigenvalue weighted by atomic mass is 19.4. The Bertz CT molecular complexity index is 387. The zero-order chi connectivity index (χ0) is 21.2. The third-order valence-electron chi connectivity index (χ3n) is 4.68. The second-order valence-electron chi connectivity index (χ2n) is 7.01. The number of hydrogen-bond acceptors (Lipinski definition) is 0. The Kier molecular flexibility index (Phi) is 11.1. The minimum atomic E-state index is -6.60. The fourth-order valence-corrected chi connectivity index (χ4v) is 2.91. The van der Waals surface area contributed by atoms with E-state index in [4.69, 9.17) is 0 Å². The van der Waals surface area contributed by atoms with Gasteiger partial charge >= 0.3 is 18.3 Å². The molecule has 0 saturated heterocycles. The van der Waals surface area contributed by atoms with Gasteiger partial charge in [0.1, 0.15) is 0 Å². The SMILES string of the molecule is CCCCCCCCCCCCCCC(F)(C(F)(F)F)C(F)(F)C(F)(F)F. The van der Waals surface area contributed by atoms with Gasteiger partial charge in [-0.3, -0.25) is 0 Å². The molecular weight excluding hydrogens is 387 g/mol. The van der Waals surface area contributed by atoms with Gasteiger partial charge in [-0.05, 0) is 12.8 Å². The topological polar surface area (TPSA) is 0 Å². The normalized spacial score (nSPS) is 15.8. The number of alkyl halides is 9. The minimum Gasteiger partial charge on any atom is -0.227 e. The molecule has 0 aromatic carbocycles. The van der Waals surface area contributed by atoms with E-state index in [2.05, 4.69) is 6.92 Å². The molecule has 0 N–H and O–H groups in total. The molecule has 0 amide bonds. The van der Waals surface area contributed by atoms with Crippen molar-refractivity contribution in [2.24, 2.45) is 0 Å². The highest BCUT2D eigenvalue weighted by Crippen LogP contribution is 2.54.